The average Bonchev–Trinajstić information content (AvgIpc) is 2.31. The number of carbonyl (C=O) groups is 1. The highest BCUT2D eigenvalue weighted by molar-refractivity contribution is 5.70. The maximum Gasteiger partial charge on any atom is 0.307 e. The lowest BCUT2D eigenvalue weighted by Gasteiger charge is -2.15. The van der Waals surface area contributed by atoms with E-state index in [1.54, 1.807) is 0 Å². The van der Waals surface area contributed by atoms with Crippen molar-refractivity contribution in [2.24, 2.45) is 11.8 Å². The third kappa shape index (κ3) is 5.43. The first-order valence-electron chi connectivity index (χ1n) is 6.89. The second-order valence-corrected chi connectivity index (χ2v) is 5.71. The number of hydrogen-bond acceptors (Lipinski definition) is 2. The Bertz CT molecular complexity index is 427. The van der Waals surface area contributed by atoms with E-state index in [1.165, 1.54) is 16.7 Å². The van der Waals surface area contributed by atoms with Gasteiger partial charge in [-0.2, -0.15) is 0 Å². The molecule has 1 aromatic carbocycles. The number of aryl methyl sites for hydroxylation is 2. The Labute approximate surface area is 116 Å². The van der Waals surface area contributed by atoms with Crippen LogP contribution >= 0.6 is 0 Å². The summed E-state index contributed by atoms with van der Waals surface area (Å²) in [5, 5.41) is 12.4. The van der Waals surface area contributed by atoms with E-state index in [1.807, 2.05) is 0 Å². The standard InChI is InChI=1S/C16H25NO2/c1-11(2)7-15(16(18)19)10-17-9-14-6-5-12(3)13(4)8-14/h5-6,8,11,15,17H,7,9-10H2,1-4H3,(H,18,19). The number of aliphatic carboxylic acids is 1. The summed E-state index contributed by atoms with van der Waals surface area (Å²) >= 11 is 0. The zero-order chi connectivity index (χ0) is 14.4. The van der Waals surface area contributed by atoms with Crippen LogP contribution in [0.15, 0.2) is 18.2 Å². The molecule has 1 aromatic rings. The second-order valence-electron chi connectivity index (χ2n) is 5.71. The van der Waals surface area contributed by atoms with E-state index >= 15 is 0 Å². The van der Waals surface area contributed by atoms with Crippen LogP contribution in [0, 0.1) is 25.7 Å². The average molecular weight is 263 g/mol. The van der Waals surface area contributed by atoms with Crippen LogP contribution in [-0.2, 0) is 11.3 Å². The van der Waals surface area contributed by atoms with Crippen molar-refractivity contribution in [3.8, 4) is 0 Å². The van der Waals surface area contributed by atoms with Crippen LogP contribution in [0.5, 0.6) is 0 Å². The molecule has 3 heteroatoms. The number of hydrogen-bond donors (Lipinski definition) is 2. The van der Waals surface area contributed by atoms with E-state index in [0.717, 1.165) is 13.0 Å². The molecule has 106 valence electrons. The first-order chi connectivity index (χ1) is 8.90. The van der Waals surface area contributed by atoms with Crippen LogP contribution in [0.1, 0.15) is 37.0 Å². The van der Waals surface area contributed by atoms with Crippen molar-refractivity contribution in [1.29, 1.82) is 0 Å². The fraction of sp³-hybridized carbons (Fsp3) is 0.562. The molecular weight excluding hydrogens is 238 g/mol. The summed E-state index contributed by atoms with van der Waals surface area (Å²) in [5.74, 6) is -0.600. The highest BCUT2D eigenvalue weighted by Gasteiger charge is 2.18. The minimum Gasteiger partial charge on any atom is -0.481 e. The van der Waals surface area contributed by atoms with Crippen molar-refractivity contribution in [3.63, 3.8) is 0 Å². The van der Waals surface area contributed by atoms with Crippen LogP contribution in [0.3, 0.4) is 0 Å². The lowest BCUT2D eigenvalue weighted by molar-refractivity contribution is -0.142. The van der Waals surface area contributed by atoms with Gasteiger partial charge in [0.15, 0.2) is 0 Å². The van der Waals surface area contributed by atoms with Gasteiger partial charge in [-0.05, 0) is 42.9 Å². The molecule has 0 bridgehead atoms. The third-order valence-electron chi connectivity index (χ3n) is 3.40. The molecule has 3 nitrogen and oxygen atoms in total. The number of rotatable bonds is 7. The normalized spacial score (nSPS) is 12.7. The second kappa shape index (κ2) is 7.29. The fourth-order valence-electron chi connectivity index (χ4n) is 2.14. The van der Waals surface area contributed by atoms with E-state index in [0.29, 0.717) is 12.5 Å². The SMILES string of the molecule is Cc1ccc(CNCC(CC(C)C)C(=O)O)cc1C. The minimum absolute atomic E-state index is 0.299. The van der Waals surface area contributed by atoms with Crippen molar-refractivity contribution in [2.45, 2.75) is 40.7 Å². The van der Waals surface area contributed by atoms with Gasteiger partial charge in [-0.3, -0.25) is 4.79 Å². The number of benzene rings is 1. The van der Waals surface area contributed by atoms with Gasteiger partial charge in [0.05, 0.1) is 5.92 Å². The monoisotopic (exact) mass is 263 g/mol. The third-order valence-corrected chi connectivity index (χ3v) is 3.40. The summed E-state index contributed by atoms with van der Waals surface area (Å²) in [6.07, 6.45) is 0.718. The van der Waals surface area contributed by atoms with Crippen LogP contribution < -0.4 is 5.32 Å². The molecule has 0 aliphatic carbocycles. The Morgan fingerprint density at radius 1 is 1.26 bits per heavy atom. The molecule has 1 unspecified atom stereocenters. The van der Waals surface area contributed by atoms with E-state index in [9.17, 15) is 4.79 Å². The maximum atomic E-state index is 11.1. The number of carboxylic acids is 1. The summed E-state index contributed by atoms with van der Waals surface area (Å²) in [4.78, 5) is 11.1. The van der Waals surface area contributed by atoms with Gasteiger partial charge >= 0.3 is 5.97 Å². The molecule has 0 aromatic heterocycles. The van der Waals surface area contributed by atoms with E-state index in [-0.39, 0.29) is 5.92 Å². The van der Waals surface area contributed by atoms with Crippen molar-refractivity contribution >= 4 is 5.97 Å². The summed E-state index contributed by atoms with van der Waals surface area (Å²) in [5.41, 5.74) is 3.76. The molecule has 0 aliphatic rings. The van der Waals surface area contributed by atoms with Crippen molar-refractivity contribution in [2.75, 3.05) is 6.54 Å². The highest BCUT2D eigenvalue weighted by Crippen LogP contribution is 2.12. The smallest absolute Gasteiger partial charge is 0.307 e. The molecule has 2 N–H and O–H groups in total. The van der Waals surface area contributed by atoms with Crippen LogP contribution in [0.25, 0.3) is 0 Å². The fourth-order valence-corrected chi connectivity index (χ4v) is 2.14. The predicted octanol–water partition coefficient (Wildman–Crippen LogP) is 3.14. The molecule has 0 aliphatic heterocycles. The highest BCUT2D eigenvalue weighted by atomic mass is 16.4. The van der Waals surface area contributed by atoms with Gasteiger partial charge in [0.2, 0.25) is 0 Å². The Kier molecular flexibility index (Phi) is 6.03. The van der Waals surface area contributed by atoms with Gasteiger partial charge in [-0.25, -0.2) is 0 Å². The molecule has 1 rings (SSSR count). The minimum atomic E-state index is -0.707. The number of nitrogens with one attached hydrogen (secondary N) is 1. The van der Waals surface area contributed by atoms with E-state index in [2.05, 4.69) is 51.2 Å². The quantitative estimate of drug-likeness (QED) is 0.794. The van der Waals surface area contributed by atoms with Crippen molar-refractivity contribution in [3.05, 3.63) is 34.9 Å². The first kappa shape index (κ1) is 15.7. The van der Waals surface area contributed by atoms with Crippen LogP contribution in [0.4, 0.5) is 0 Å². The molecule has 19 heavy (non-hydrogen) atoms. The summed E-state index contributed by atoms with van der Waals surface area (Å²) in [6, 6.07) is 6.35. The largest absolute Gasteiger partial charge is 0.481 e. The van der Waals surface area contributed by atoms with Crippen molar-refractivity contribution < 1.29 is 9.90 Å². The van der Waals surface area contributed by atoms with E-state index < -0.39 is 5.97 Å². The molecule has 1 atom stereocenters. The zero-order valence-corrected chi connectivity index (χ0v) is 12.4. The molecule has 0 heterocycles. The zero-order valence-electron chi connectivity index (χ0n) is 12.4. The lowest BCUT2D eigenvalue weighted by atomic mass is 9.97. The molecule has 0 saturated carbocycles. The summed E-state index contributed by atoms with van der Waals surface area (Å²) in [6.45, 7) is 9.55. The maximum absolute atomic E-state index is 11.1. The molecule has 0 fully saturated rings. The molecular formula is C16H25NO2. The molecule has 0 spiro atoms. The summed E-state index contributed by atoms with van der Waals surface area (Å²) < 4.78 is 0. The van der Waals surface area contributed by atoms with Gasteiger partial charge in [0.1, 0.15) is 0 Å². The Hall–Kier alpha value is -1.35. The lowest BCUT2D eigenvalue weighted by Crippen LogP contribution is -2.29. The number of carboxylic acid groups (broad SMARTS) is 1. The molecule has 0 amide bonds. The van der Waals surface area contributed by atoms with Gasteiger partial charge in [-0.15, -0.1) is 0 Å². The van der Waals surface area contributed by atoms with Gasteiger partial charge < -0.3 is 10.4 Å². The Morgan fingerprint density at radius 3 is 2.47 bits per heavy atom. The molecule has 0 radical (unpaired) electrons. The van der Waals surface area contributed by atoms with Crippen LogP contribution in [-0.4, -0.2) is 17.6 Å². The van der Waals surface area contributed by atoms with Gasteiger partial charge in [0, 0.05) is 13.1 Å². The van der Waals surface area contributed by atoms with E-state index in [4.69, 9.17) is 5.11 Å². The first-order valence-corrected chi connectivity index (χ1v) is 6.89. The Balaban J connectivity index is 2.47. The predicted molar refractivity (Wildman–Crippen MR) is 78.2 cm³/mol. The topological polar surface area (TPSA) is 49.3 Å². The van der Waals surface area contributed by atoms with Crippen molar-refractivity contribution in [1.82, 2.24) is 5.32 Å². The molecule has 0 saturated heterocycles. The van der Waals surface area contributed by atoms with Gasteiger partial charge in [-0.1, -0.05) is 32.0 Å². The summed E-state index contributed by atoms with van der Waals surface area (Å²) in [7, 11) is 0. The van der Waals surface area contributed by atoms with Gasteiger partial charge in [0.25, 0.3) is 0 Å². The Morgan fingerprint density at radius 2 is 1.95 bits per heavy atom. The van der Waals surface area contributed by atoms with Crippen LogP contribution in [0.2, 0.25) is 0 Å².